The number of hydrogen-bond acceptors (Lipinski definition) is 2. The summed E-state index contributed by atoms with van der Waals surface area (Å²) in [5.41, 5.74) is 1.08. The van der Waals surface area contributed by atoms with Crippen molar-refractivity contribution >= 4 is 0 Å². The van der Waals surface area contributed by atoms with E-state index in [9.17, 15) is 0 Å². The van der Waals surface area contributed by atoms with Gasteiger partial charge in [-0.2, -0.15) is 36.4 Å². The van der Waals surface area contributed by atoms with Crippen LogP contribution in [0.3, 0.4) is 0 Å². The van der Waals surface area contributed by atoms with E-state index in [0.29, 0.717) is 11.1 Å². The summed E-state index contributed by atoms with van der Waals surface area (Å²) in [5.74, 6) is 5.02. The summed E-state index contributed by atoms with van der Waals surface area (Å²) < 4.78 is 0. The van der Waals surface area contributed by atoms with Crippen molar-refractivity contribution in [1.29, 1.82) is 0 Å². The normalized spacial score (nSPS) is 7.93. The van der Waals surface area contributed by atoms with Crippen LogP contribution in [0.5, 0.6) is 11.5 Å². The second-order valence-corrected chi connectivity index (χ2v) is 5.25. The molecule has 0 heterocycles. The fourth-order valence-corrected chi connectivity index (χ4v) is 1.83. The zero-order valence-corrected chi connectivity index (χ0v) is 18.4. The van der Waals surface area contributed by atoms with Gasteiger partial charge in [-0.25, -0.2) is 24.3 Å². The van der Waals surface area contributed by atoms with Crippen molar-refractivity contribution in [1.82, 2.24) is 0 Å². The number of aromatic hydroxyl groups is 2. The molecule has 0 unspecified atom stereocenters. The minimum Gasteiger partial charge on any atom is -0.507 e. The Hall–Kier alpha value is -3.26. The average Bonchev–Trinajstić information content (AvgIpc) is 3.48. The van der Waals surface area contributed by atoms with Gasteiger partial charge >= 0.3 is 26.2 Å². The number of terminal acetylenes is 2. The second-order valence-electron chi connectivity index (χ2n) is 5.25. The van der Waals surface area contributed by atoms with Crippen molar-refractivity contribution in [3.63, 3.8) is 0 Å². The molecule has 2 nitrogen and oxygen atoms in total. The van der Waals surface area contributed by atoms with E-state index in [1.165, 1.54) is 0 Å². The van der Waals surface area contributed by atoms with E-state index >= 15 is 0 Å². The molecule has 0 amide bonds. The van der Waals surface area contributed by atoms with Gasteiger partial charge in [0.15, 0.2) is 0 Å². The maximum Gasteiger partial charge on any atom is 2.00 e. The van der Waals surface area contributed by atoms with Crippen molar-refractivity contribution in [2.24, 2.45) is 0 Å². The number of phenols is 2. The van der Waals surface area contributed by atoms with Crippen LogP contribution in [0.2, 0.25) is 0 Å². The van der Waals surface area contributed by atoms with Crippen LogP contribution in [0.15, 0.2) is 109 Å². The smallest absolute Gasteiger partial charge is 0.507 e. The maximum atomic E-state index is 8.97. The largest absolute Gasteiger partial charge is 2.00 e. The molecule has 0 aliphatic rings. The van der Waals surface area contributed by atoms with Gasteiger partial charge in [0, 0.05) is 0 Å². The van der Waals surface area contributed by atoms with E-state index < -0.39 is 0 Å². The molecular formula is C26H22O2Zr. The number of rotatable bonds is 0. The molecule has 0 aliphatic carbocycles. The van der Waals surface area contributed by atoms with Gasteiger partial charge in [0.25, 0.3) is 0 Å². The molecule has 3 heteroatoms. The summed E-state index contributed by atoms with van der Waals surface area (Å²) >= 11 is 0. The molecule has 0 bridgehead atoms. The van der Waals surface area contributed by atoms with Crippen molar-refractivity contribution in [2.45, 2.75) is 0 Å². The van der Waals surface area contributed by atoms with E-state index in [2.05, 4.69) is 11.8 Å². The Balaban J connectivity index is 0.000000369. The number of phenolic OH excluding ortho intramolecular Hbond substituents is 2. The standard InChI is InChI=1S/2C8H6O.2C5H5.Zr/c2*1-2-7-5-3-4-6-8(7)9;2*1-2-4-5-3-1;/h2*1,3-6,9H;2*1-5H;/q;;2*-1;+2. The Kier molecular flexibility index (Phi) is 15.0. The van der Waals surface area contributed by atoms with Gasteiger partial charge in [0.05, 0.1) is 11.1 Å². The van der Waals surface area contributed by atoms with Gasteiger partial charge in [-0.3, -0.25) is 0 Å². The Bertz CT molecular complexity index is 840. The fraction of sp³-hybridized carbons (Fsp3) is 0. The summed E-state index contributed by atoms with van der Waals surface area (Å²) in [6.07, 6.45) is 10.1. The van der Waals surface area contributed by atoms with Crippen molar-refractivity contribution in [3.8, 4) is 36.2 Å². The van der Waals surface area contributed by atoms with Crippen LogP contribution >= 0.6 is 0 Å². The molecule has 0 aliphatic heterocycles. The van der Waals surface area contributed by atoms with Crippen molar-refractivity contribution in [3.05, 3.63) is 120 Å². The predicted octanol–water partition coefficient (Wildman–Crippen LogP) is 5.56. The van der Waals surface area contributed by atoms with Gasteiger partial charge in [-0.1, -0.05) is 36.1 Å². The van der Waals surface area contributed by atoms with Crippen LogP contribution in [-0.2, 0) is 26.2 Å². The molecule has 0 spiro atoms. The molecule has 0 saturated carbocycles. The minimum atomic E-state index is 0. The zero-order valence-electron chi connectivity index (χ0n) is 15.9. The van der Waals surface area contributed by atoms with Crippen molar-refractivity contribution < 1.29 is 36.4 Å². The quantitative estimate of drug-likeness (QED) is 0.268. The first-order chi connectivity index (χ1) is 13.7. The van der Waals surface area contributed by atoms with Crippen LogP contribution in [0.4, 0.5) is 0 Å². The summed E-state index contributed by atoms with van der Waals surface area (Å²) in [6, 6.07) is 33.5. The number of para-hydroxylation sites is 2. The van der Waals surface area contributed by atoms with Gasteiger partial charge < -0.3 is 10.2 Å². The molecule has 2 N–H and O–H groups in total. The van der Waals surface area contributed by atoms with Gasteiger partial charge in [-0.15, -0.1) is 12.8 Å². The maximum absolute atomic E-state index is 8.97. The molecule has 0 aromatic heterocycles. The Morgan fingerprint density at radius 3 is 1.03 bits per heavy atom. The number of hydrogen-bond donors (Lipinski definition) is 2. The first kappa shape index (κ1) is 25.7. The summed E-state index contributed by atoms with van der Waals surface area (Å²) in [6.45, 7) is 0. The average molecular weight is 458 g/mol. The van der Waals surface area contributed by atoms with Gasteiger partial charge in [-0.05, 0) is 24.3 Å². The fourth-order valence-electron chi connectivity index (χ4n) is 1.83. The van der Waals surface area contributed by atoms with Gasteiger partial charge in [0.2, 0.25) is 0 Å². The molecular weight excluding hydrogens is 436 g/mol. The Morgan fingerprint density at radius 1 is 0.552 bits per heavy atom. The monoisotopic (exact) mass is 456 g/mol. The Morgan fingerprint density at radius 2 is 0.862 bits per heavy atom. The summed E-state index contributed by atoms with van der Waals surface area (Å²) in [4.78, 5) is 0. The third kappa shape index (κ3) is 11.9. The molecule has 4 rings (SSSR count). The van der Waals surface area contributed by atoms with E-state index in [-0.39, 0.29) is 37.7 Å². The molecule has 29 heavy (non-hydrogen) atoms. The molecule has 0 saturated heterocycles. The minimum absolute atomic E-state index is 0. The molecule has 142 valence electrons. The van der Waals surface area contributed by atoms with Crippen LogP contribution in [0.1, 0.15) is 11.1 Å². The second kappa shape index (κ2) is 16.9. The third-order valence-electron chi connectivity index (χ3n) is 3.23. The van der Waals surface area contributed by atoms with Crippen LogP contribution in [0.25, 0.3) is 0 Å². The molecule has 4 aromatic rings. The zero-order chi connectivity index (χ0) is 20.5. The predicted molar refractivity (Wildman–Crippen MR) is 116 cm³/mol. The molecule has 4 aromatic carbocycles. The van der Waals surface area contributed by atoms with Gasteiger partial charge in [0.1, 0.15) is 11.5 Å². The van der Waals surface area contributed by atoms with E-state index in [0.717, 1.165) is 0 Å². The number of benzene rings is 2. The first-order valence-electron chi connectivity index (χ1n) is 8.51. The SMILES string of the molecule is C#Cc1ccccc1O.C#Cc1ccccc1O.[Zr+2].c1cc[cH-]c1.c1cc[cH-]c1. The Labute approximate surface area is 192 Å². The topological polar surface area (TPSA) is 40.5 Å². The van der Waals surface area contributed by atoms with E-state index in [4.69, 9.17) is 23.1 Å². The summed E-state index contributed by atoms with van der Waals surface area (Å²) in [7, 11) is 0. The summed E-state index contributed by atoms with van der Waals surface area (Å²) in [5, 5.41) is 17.9. The van der Waals surface area contributed by atoms with E-state index in [1.807, 2.05) is 60.7 Å². The third-order valence-corrected chi connectivity index (χ3v) is 3.23. The van der Waals surface area contributed by atoms with Crippen LogP contribution in [0, 0.1) is 24.7 Å². The molecule has 0 fully saturated rings. The van der Waals surface area contributed by atoms with Crippen LogP contribution < -0.4 is 0 Å². The van der Waals surface area contributed by atoms with Crippen LogP contribution in [-0.4, -0.2) is 10.2 Å². The molecule has 0 atom stereocenters. The molecule has 0 radical (unpaired) electrons. The van der Waals surface area contributed by atoms with Crippen molar-refractivity contribution in [2.75, 3.05) is 0 Å². The first-order valence-corrected chi connectivity index (χ1v) is 8.51. The van der Waals surface area contributed by atoms with E-state index in [1.54, 1.807) is 48.5 Å².